The number of nitrogens with zero attached hydrogens (tertiary/aromatic N) is 3. The highest BCUT2D eigenvalue weighted by Crippen LogP contribution is 2.68. The Labute approximate surface area is 289 Å². The van der Waals surface area contributed by atoms with Crippen LogP contribution in [-0.4, -0.2) is 63.8 Å². The highest BCUT2D eigenvalue weighted by molar-refractivity contribution is 7.66. The van der Waals surface area contributed by atoms with Crippen molar-refractivity contribution < 1.29 is 74.2 Å². The molecule has 0 bridgehead atoms. The zero-order valence-corrected chi connectivity index (χ0v) is 28.7. The number of phosphoric acid groups is 3. The predicted molar refractivity (Wildman–Crippen MR) is 172 cm³/mol. The minimum atomic E-state index is -5.84. The molecule has 17 nitrogen and oxygen atoms in total. The second kappa shape index (κ2) is 14.3. The minimum Gasteiger partial charge on any atom is -0.387 e. The lowest BCUT2D eigenvalue weighted by Crippen LogP contribution is -2.36. The van der Waals surface area contributed by atoms with Crippen LogP contribution in [0.2, 0.25) is 0 Å². The zero-order valence-electron chi connectivity index (χ0n) is 26.0. The van der Waals surface area contributed by atoms with Crippen LogP contribution in [0.3, 0.4) is 0 Å². The van der Waals surface area contributed by atoms with E-state index in [0.717, 1.165) is 44.3 Å². The van der Waals surface area contributed by atoms with E-state index < -0.39 is 78.7 Å². The summed E-state index contributed by atoms with van der Waals surface area (Å²) in [5.41, 5.74) is -1.39. The number of rotatable bonds is 12. The number of aliphatic hydroxyl groups excluding tert-OH is 2. The average molecular weight is 791 g/mol. The highest BCUT2D eigenvalue weighted by atomic mass is 31.3. The fourth-order valence-electron chi connectivity index (χ4n) is 5.26. The summed E-state index contributed by atoms with van der Waals surface area (Å²) in [4.78, 5) is 47.3. The lowest BCUT2D eigenvalue weighted by molar-refractivity contribution is -0.137. The lowest BCUT2D eigenvalue weighted by Gasteiger charge is -2.20. The fraction of sp³-hybridized carbons (Fsp3) is 0.241. The summed E-state index contributed by atoms with van der Waals surface area (Å²) in [6, 6.07) is 17.5. The quantitative estimate of drug-likeness (QED) is 0.109. The Kier molecular flexibility index (Phi) is 10.5. The van der Waals surface area contributed by atoms with Gasteiger partial charge in [-0.15, -0.1) is 0 Å². The molecule has 0 radical (unpaired) electrons. The van der Waals surface area contributed by atoms with Crippen LogP contribution >= 0.6 is 23.5 Å². The SMILES string of the molecule is O=c1n([C@@H]2O[C@H](COP(=O)(O)OP(=O)(O)OP(=O)(O)OCc3ccc4ccccc4c3)[C@H](O)C2O)ccc2nc(-c3cccc(C(F)(F)F)c3)cn12. The minimum absolute atomic E-state index is 0.0121. The molecule has 1 saturated heterocycles. The monoisotopic (exact) mass is 791 g/mol. The number of phosphoric ester groups is 2. The number of fused-ring (bicyclic) bond motifs is 2. The van der Waals surface area contributed by atoms with Gasteiger partial charge in [0.1, 0.15) is 24.0 Å². The summed E-state index contributed by atoms with van der Waals surface area (Å²) in [6.45, 7) is -1.67. The van der Waals surface area contributed by atoms with Crippen molar-refractivity contribution in [3.05, 3.63) is 107 Å². The zero-order chi connectivity index (χ0) is 37.6. The third-order valence-electron chi connectivity index (χ3n) is 7.66. The molecule has 52 heavy (non-hydrogen) atoms. The first-order valence-electron chi connectivity index (χ1n) is 14.8. The topological polar surface area (TPSA) is 238 Å². The maximum Gasteiger partial charge on any atom is 0.490 e. The maximum absolute atomic E-state index is 13.3. The van der Waals surface area contributed by atoms with E-state index in [0.29, 0.717) is 5.56 Å². The van der Waals surface area contributed by atoms with Crippen molar-refractivity contribution in [2.75, 3.05) is 6.61 Å². The van der Waals surface area contributed by atoms with Gasteiger partial charge in [0.2, 0.25) is 0 Å². The standard InChI is InChI=1S/C29H27F3N3O14P3/c30-29(31,32)21-7-3-6-20(13-21)22-14-35-24(33-22)10-11-34(28(35)38)27-26(37)25(36)23(47-27)16-46-51(41,42)49-52(43,44)48-50(39,40)45-15-17-8-9-18-4-1-2-5-19(18)12-17/h1-14,23,25-27,36-37H,15-16H2,(H,39,40)(H,41,42)(H,43,44)/t23-,25+,26?,27-/m1/s1. The fourth-order valence-corrected chi connectivity index (χ4v) is 8.76. The van der Waals surface area contributed by atoms with Crippen molar-refractivity contribution >= 4 is 39.9 Å². The Morgan fingerprint density at radius 1 is 0.827 bits per heavy atom. The van der Waals surface area contributed by atoms with Crippen LogP contribution in [0.4, 0.5) is 13.2 Å². The van der Waals surface area contributed by atoms with Crippen molar-refractivity contribution in [3.63, 3.8) is 0 Å². The van der Waals surface area contributed by atoms with Gasteiger partial charge < -0.3 is 29.6 Å². The van der Waals surface area contributed by atoms with Gasteiger partial charge >= 0.3 is 35.3 Å². The molecule has 3 aromatic carbocycles. The third kappa shape index (κ3) is 8.62. The molecule has 23 heteroatoms. The molecule has 0 aliphatic carbocycles. The molecular weight excluding hydrogens is 764 g/mol. The number of halogens is 3. The van der Waals surface area contributed by atoms with Gasteiger partial charge in [-0.1, -0.05) is 48.5 Å². The van der Waals surface area contributed by atoms with E-state index in [1.165, 1.54) is 18.2 Å². The molecule has 3 heterocycles. The van der Waals surface area contributed by atoms with Crippen LogP contribution < -0.4 is 5.69 Å². The third-order valence-corrected chi connectivity index (χ3v) is 11.9. The molecule has 2 aromatic heterocycles. The van der Waals surface area contributed by atoms with E-state index in [2.05, 4.69) is 18.1 Å². The Bertz CT molecular complexity index is 2340. The van der Waals surface area contributed by atoms with Gasteiger partial charge in [0.25, 0.3) is 0 Å². The summed E-state index contributed by atoms with van der Waals surface area (Å²) in [5, 5.41) is 22.8. The van der Waals surface area contributed by atoms with Gasteiger partial charge in [0, 0.05) is 18.0 Å². The summed E-state index contributed by atoms with van der Waals surface area (Å²) in [6.07, 6.45) is -9.42. The molecule has 1 fully saturated rings. The number of aliphatic hydroxyl groups is 2. The Balaban J connectivity index is 1.08. The summed E-state index contributed by atoms with van der Waals surface area (Å²) in [5.74, 6) is 0. The number of ether oxygens (including phenoxy) is 1. The molecule has 0 spiro atoms. The van der Waals surface area contributed by atoms with Crippen LogP contribution in [0.1, 0.15) is 17.4 Å². The molecule has 1 aliphatic rings. The van der Waals surface area contributed by atoms with Gasteiger partial charge in [0.15, 0.2) is 6.23 Å². The molecule has 278 valence electrons. The molecule has 5 aromatic rings. The van der Waals surface area contributed by atoms with E-state index in [1.807, 2.05) is 6.07 Å². The Hall–Kier alpha value is -3.58. The van der Waals surface area contributed by atoms with Crippen LogP contribution in [0, 0.1) is 0 Å². The largest absolute Gasteiger partial charge is 0.490 e. The van der Waals surface area contributed by atoms with Crippen molar-refractivity contribution in [1.82, 2.24) is 14.0 Å². The number of alkyl halides is 3. The van der Waals surface area contributed by atoms with Crippen molar-refractivity contribution in [3.8, 4) is 11.3 Å². The van der Waals surface area contributed by atoms with E-state index in [1.54, 1.807) is 36.4 Å². The molecule has 7 atom stereocenters. The highest BCUT2D eigenvalue weighted by Gasteiger charge is 2.47. The van der Waals surface area contributed by atoms with Crippen LogP contribution in [0.25, 0.3) is 27.7 Å². The van der Waals surface area contributed by atoms with Crippen LogP contribution in [0.15, 0.2) is 90.0 Å². The molecular formula is C29H27F3N3O14P3. The van der Waals surface area contributed by atoms with Crippen molar-refractivity contribution in [2.24, 2.45) is 0 Å². The van der Waals surface area contributed by atoms with E-state index in [4.69, 9.17) is 9.26 Å². The normalized spacial score (nSPS) is 23.0. The first kappa shape index (κ1) is 38.2. The predicted octanol–water partition coefficient (Wildman–Crippen LogP) is 4.52. The number of hydrogen-bond donors (Lipinski definition) is 5. The van der Waals surface area contributed by atoms with E-state index in [-0.39, 0.29) is 16.9 Å². The molecule has 0 amide bonds. The smallest absolute Gasteiger partial charge is 0.387 e. The summed E-state index contributed by atoms with van der Waals surface area (Å²) in [7, 11) is -16.9. The first-order valence-corrected chi connectivity index (χ1v) is 19.3. The van der Waals surface area contributed by atoms with Gasteiger partial charge in [-0.3, -0.25) is 18.0 Å². The molecule has 5 N–H and O–H groups in total. The summed E-state index contributed by atoms with van der Waals surface area (Å²) >= 11 is 0. The van der Waals surface area contributed by atoms with Gasteiger partial charge in [-0.25, -0.2) is 23.5 Å². The number of aromatic nitrogens is 3. The number of imidazole rings is 1. The van der Waals surface area contributed by atoms with Crippen molar-refractivity contribution in [1.29, 1.82) is 0 Å². The average Bonchev–Trinajstić information content (AvgIpc) is 3.63. The molecule has 1 aliphatic heterocycles. The number of benzene rings is 3. The van der Waals surface area contributed by atoms with Gasteiger partial charge in [0.05, 0.1) is 24.5 Å². The van der Waals surface area contributed by atoms with E-state index >= 15 is 0 Å². The Morgan fingerprint density at radius 3 is 2.23 bits per heavy atom. The second-order valence-electron chi connectivity index (χ2n) is 11.3. The van der Waals surface area contributed by atoms with Gasteiger partial charge in [-0.2, -0.15) is 21.8 Å². The summed E-state index contributed by atoms with van der Waals surface area (Å²) < 4.78 is 102. The second-order valence-corrected chi connectivity index (χ2v) is 15.9. The lowest BCUT2D eigenvalue weighted by atomic mass is 10.1. The number of hydrogen-bond acceptors (Lipinski definition) is 12. The van der Waals surface area contributed by atoms with Crippen LogP contribution in [0.5, 0.6) is 0 Å². The molecule has 4 unspecified atom stereocenters. The van der Waals surface area contributed by atoms with Crippen molar-refractivity contribution in [2.45, 2.75) is 37.3 Å². The molecule has 6 rings (SSSR count). The Morgan fingerprint density at radius 2 is 1.52 bits per heavy atom. The van der Waals surface area contributed by atoms with E-state index in [9.17, 15) is 56.6 Å². The first-order chi connectivity index (χ1) is 24.3. The molecule has 0 saturated carbocycles. The van der Waals surface area contributed by atoms with Gasteiger partial charge in [-0.05, 0) is 40.6 Å². The maximum atomic E-state index is 13.3. The van der Waals surface area contributed by atoms with Crippen LogP contribution in [-0.2, 0) is 48.9 Å².